The molecule has 0 radical (unpaired) electrons. The lowest BCUT2D eigenvalue weighted by Crippen LogP contribution is -2.23. The molecule has 2 aromatic carbocycles. The van der Waals surface area contributed by atoms with Crippen LogP contribution in [0.4, 0.5) is 17.5 Å². The fourth-order valence-electron chi connectivity index (χ4n) is 5.27. The number of fused-ring (bicyclic) bond motifs is 1. The molecule has 47 heavy (non-hydrogen) atoms. The zero-order valence-corrected chi connectivity index (χ0v) is 27.4. The summed E-state index contributed by atoms with van der Waals surface area (Å²) in [6, 6.07) is 21.3. The third-order valence-electron chi connectivity index (χ3n) is 7.71. The number of ether oxygens (including phenoxy) is 3. The average Bonchev–Trinajstić information content (AvgIpc) is 3.40. The summed E-state index contributed by atoms with van der Waals surface area (Å²) in [4.78, 5) is 28.6. The summed E-state index contributed by atoms with van der Waals surface area (Å²) in [7, 11) is 6.81. The van der Waals surface area contributed by atoms with Crippen LogP contribution < -0.4 is 30.0 Å². The molecule has 0 bridgehead atoms. The summed E-state index contributed by atoms with van der Waals surface area (Å²) in [6.07, 6.45) is 5.01. The summed E-state index contributed by atoms with van der Waals surface area (Å²) in [5.41, 5.74) is 4.32. The minimum atomic E-state index is -0.174. The maximum Gasteiger partial charge on any atom is 0.274 e. The fourth-order valence-corrected chi connectivity index (χ4v) is 5.57. The van der Waals surface area contributed by atoms with E-state index in [1.54, 1.807) is 63.6 Å². The number of hydrogen-bond acceptors (Lipinski definition) is 9. The highest BCUT2D eigenvalue weighted by Gasteiger charge is 2.19. The Hall–Kier alpha value is -5.55. The van der Waals surface area contributed by atoms with E-state index in [2.05, 4.69) is 25.2 Å². The van der Waals surface area contributed by atoms with E-state index in [0.29, 0.717) is 58.2 Å². The number of hydrogen-bond donors (Lipinski definition) is 1. The van der Waals surface area contributed by atoms with E-state index in [-0.39, 0.29) is 5.56 Å². The third kappa shape index (κ3) is 6.85. The molecule has 12 heteroatoms. The Kier molecular flexibility index (Phi) is 8.99. The molecule has 0 unspecified atom stereocenters. The SMILES string of the molecule is COc1ccc(CN(Cc2ccc(OC)cc2)c2cc(Oc3cnc4nc(Nc5cc(C)cn(C)c5=O)n(C)c4c3Cl)ccn2)cc1. The number of nitrogens with one attached hydrogen (secondary N) is 1. The van der Waals surface area contributed by atoms with Crippen molar-refractivity contribution >= 4 is 40.2 Å². The van der Waals surface area contributed by atoms with Crippen molar-refractivity contribution in [2.75, 3.05) is 24.4 Å². The van der Waals surface area contributed by atoms with Crippen LogP contribution in [-0.2, 0) is 27.2 Å². The van der Waals surface area contributed by atoms with Crippen LogP contribution in [0.15, 0.2) is 90.1 Å². The van der Waals surface area contributed by atoms with Crippen molar-refractivity contribution in [3.8, 4) is 23.0 Å². The van der Waals surface area contributed by atoms with E-state index < -0.39 is 0 Å². The number of methoxy groups -OCH3 is 2. The van der Waals surface area contributed by atoms with Crippen molar-refractivity contribution in [3.63, 3.8) is 0 Å². The Morgan fingerprint density at radius 1 is 0.872 bits per heavy atom. The van der Waals surface area contributed by atoms with Crippen LogP contribution in [0, 0.1) is 6.92 Å². The number of nitrogens with zero attached hydrogens (tertiary/aromatic N) is 6. The summed E-state index contributed by atoms with van der Waals surface area (Å²) in [5, 5.41) is 3.47. The smallest absolute Gasteiger partial charge is 0.274 e. The van der Waals surface area contributed by atoms with Crippen LogP contribution in [-0.4, -0.2) is 38.3 Å². The van der Waals surface area contributed by atoms with E-state index >= 15 is 0 Å². The molecule has 0 aliphatic carbocycles. The number of benzene rings is 2. The van der Waals surface area contributed by atoms with Crippen molar-refractivity contribution in [2.45, 2.75) is 20.0 Å². The van der Waals surface area contributed by atoms with Gasteiger partial charge in [0.15, 0.2) is 11.4 Å². The van der Waals surface area contributed by atoms with Gasteiger partial charge in [0, 0.05) is 45.6 Å². The van der Waals surface area contributed by atoms with Gasteiger partial charge in [-0.15, -0.1) is 0 Å². The van der Waals surface area contributed by atoms with Gasteiger partial charge in [-0.3, -0.25) is 4.79 Å². The summed E-state index contributed by atoms with van der Waals surface area (Å²) in [5.74, 6) is 3.62. The number of aryl methyl sites for hydroxylation is 3. The molecule has 0 aliphatic heterocycles. The second-order valence-electron chi connectivity index (χ2n) is 11.1. The summed E-state index contributed by atoms with van der Waals surface area (Å²) < 4.78 is 20.3. The lowest BCUT2D eigenvalue weighted by Gasteiger charge is -2.25. The number of imidazole rings is 1. The zero-order chi connectivity index (χ0) is 33.1. The molecule has 6 rings (SSSR count). The van der Waals surface area contributed by atoms with Crippen LogP contribution in [0.1, 0.15) is 16.7 Å². The van der Waals surface area contributed by atoms with E-state index in [1.807, 2.05) is 61.5 Å². The molecular formula is C35H34ClN7O4. The molecule has 4 aromatic heterocycles. The molecular weight excluding hydrogens is 618 g/mol. The first kappa shape index (κ1) is 31.4. The van der Waals surface area contributed by atoms with Gasteiger partial charge in [-0.25, -0.2) is 9.97 Å². The number of aromatic nitrogens is 5. The predicted molar refractivity (Wildman–Crippen MR) is 183 cm³/mol. The Morgan fingerprint density at radius 2 is 1.51 bits per heavy atom. The normalized spacial score (nSPS) is 11.0. The van der Waals surface area contributed by atoms with Crippen molar-refractivity contribution in [2.24, 2.45) is 14.1 Å². The summed E-state index contributed by atoms with van der Waals surface area (Å²) >= 11 is 6.90. The predicted octanol–water partition coefficient (Wildman–Crippen LogP) is 6.78. The molecule has 0 saturated carbocycles. The Labute approximate surface area is 277 Å². The largest absolute Gasteiger partial charge is 0.497 e. The van der Waals surface area contributed by atoms with Crippen LogP contribution >= 0.6 is 11.6 Å². The topological polar surface area (TPSA) is 109 Å². The standard InChI is InChI=1S/C35H34ClN7O4/c1-22-16-28(34(44)41(2)19-22)39-35-40-33-32(42(35)3)31(36)29(18-38-33)47-27-14-15-37-30(17-27)43(20-23-6-10-25(45-4)11-7-23)21-24-8-12-26(46-5)13-9-24/h6-19H,20-21H2,1-5H3,(H,38,39,40). The third-order valence-corrected chi connectivity index (χ3v) is 8.07. The minimum Gasteiger partial charge on any atom is -0.497 e. The molecule has 0 aliphatic rings. The lowest BCUT2D eigenvalue weighted by molar-refractivity contribution is 0.414. The van der Waals surface area contributed by atoms with Gasteiger partial charge in [0.2, 0.25) is 5.95 Å². The average molecular weight is 652 g/mol. The van der Waals surface area contributed by atoms with Gasteiger partial charge >= 0.3 is 0 Å². The molecule has 240 valence electrons. The van der Waals surface area contributed by atoms with E-state index in [4.69, 9.17) is 25.8 Å². The molecule has 6 aromatic rings. The van der Waals surface area contributed by atoms with Gasteiger partial charge in [-0.05, 0) is 60.0 Å². The van der Waals surface area contributed by atoms with Crippen molar-refractivity contribution in [1.82, 2.24) is 24.1 Å². The molecule has 0 amide bonds. The van der Waals surface area contributed by atoms with Crippen LogP contribution in [0.3, 0.4) is 0 Å². The highest BCUT2D eigenvalue weighted by Crippen LogP contribution is 2.36. The van der Waals surface area contributed by atoms with Crippen molar-refractivity contribution in [3.05, 3.63) is 117 Å². The maximum absolute atomic E-state index is 12.7. The van der Waals surface area contributed by atoms with E-state index in [1.165, 1.54) is 4.57 Å². The van der Waals surface area contributed by atoms with Crippen LogP contribution in [0.5, 0.6) is 23.0 Å². The monoisotopic (exact) mass is 651 g/mol. The quantitative estimate of drug-likeness (QED) is 0.162. The first-order chi connectivity index (χ1) is 22.7. The number of anilines is 3. The Morgan fingerprint density at radius 3 is 2.13 bits per heavy atom. The maximum atomic E-state index is 12.7. The van der Waals surface area contributed by atoms with Gasteiger partial charge in [0.25, 0.3) is 5.56 Å². The van der Waals surface area contributed by atoms with Crippen molar-refractivity contribution in [1.29, 1.82) is 0 Å². The molecule has 11 nitrogen and oxygen atoms in total. The van der Waals surface area contributed by atoms with E-state index in [9.17, 15) is 4.79 Å². The van der Waals surface area contributed by atoms with Gasteiger partial charge in [0.05, 0.1) is 20.4 Å². The highest BCUT2D eigenvalue weighted by molar-refractivity contribution is 6.36. The molecule has 4 heterocycles. The Balaban J connectivity index is 1.29. The van der Waals surface area contributed by atoms with Gasteiger partial charge < -0.3 is 33.6 Å². The second-order valence-corrected chi connectivity index (χ2v) is 11.5. The summed E-state index contributed by atoms with van der Waals surface area (Å²) in [6.45, 7) is 3.11. The second kappa shape index (κ2) is 13.4. The van der Waals surface area contributed by atoms with Crippen molar-refractivity contribution < 1.29 is 14.2 Å². The van der Waals surface area contributed by atoms with Gasteiger partial charge in [-0.2, -0.15) is 4.98 Å². The minimum absolute atomic E-state index is 0.174. The van der Waals surface area contributed by atoms with E-state index in [0.717, 1.165) is 28.2 Å². The lowest BCUT2D eigenvalue weighted by atomic mass is 10.1. The molecule has 0 saturated heterocycles. The molecule has 0 atom stereocenters. The Bertz CT molecular complexity index is 2040. The van der Waals surface area contributed by atoms with Gasteiger partial charge in [0.1, 0.15) is 39.3 Å². The number of halogens is 1. The molecule has 0 fully saturated rings. The molecule has 1 N–H and O–H groups in total. The first-order valence-corrected chi connectivity index (χ1v) is 15.2. The zero-order valence-electron chi connectivity index (χ0n) is 26.7. The fraction of sp³-hybridized carbons (Fsp3) is 0.200. The molecule has 0 spiro atoms. The highest BCUT2D eigenvalue weighted by atomic mass is 35.5. The number of pyridine rings is 3. The first-order valence-electron chi connectivity index (χ1n) is 14.8. The number of rotatable bonds is 11. The van der Waals surface area contributed by atoms with Crippen LogP contribution in [0.2, 0.25) is 5.02 Å². The van der Waals surface area contributed by atoms with Gasteiger partial charge in [-0.1, -0.05) is 35.9 Å². The van der Waals surface area contributed by atoms with Crippen LogP contribution in [0.25, 0.3) is 11.2 Å².